The summed E-state index contributed by atoms with van der Waals surface area (Å²) >= 11 is 11.8. The largest absolute Gasteiger partial charge is 0.494 e. The first-order valence-corrected chi connectivity index (χ1v) is 12.7. The molecule has 0 bridgehead atoms. The Bertz CT molecular complexity index is 1310. The van der Waals surface area contributed by atoms with Crippen LogP contribution in [-0.4, -0.2) is 26.6 Å². The van der Waals surface area contributed by atoms with Crippen molar-refractivity contribution in [2.45, 2.75) is 37.8 Å². The topological polar surface area (TPSA) is 84.8 Å². The van der Waals surface area contributed by atoms with Crippen LogP contribution in [0.25, 0.3) is 0 Å². The summed E-state index contributed by atoms with van der Waals surface area (Å²) in [6, 6.07) is 7.38. The van der Waals surface area contributed by atoms with Crippen molar-refractivity contribution in [1.29, 1.82) is 0 Å². The van der Waals surface area contributed by atoms with Gasteiger partial charge in [-0.3, -0.25) is 9.79 Å². The highest BCUT2D eigenvalue weighted by molar-refractivity contribution is 7.90. The molecule has 6 nitrogen and oxygen atoms in total. The normalized spacial score (nSPS) is 16.0. The Morgan fingerprint density at radius 3 is 2.54 bits per heavy atom. The molecule has 1 atom stereocenters. The van der Waals surface area contributed by atoms with E-state index >= 15 is 0 Å². The van der Waals surface area contributed by atoms with Crippen molar-refractivity contribution in [3.8, 4) is 5.75 Å². The van der Waals surface area contributed by atoms with Crippen molar-refractivity contribution in [2.75, 3.05) is 6.61 Å². The summed E-state index contributed by atoms with van der Waals surface area (Å²) in [5, 5.41) is -0.119. The molecule has 2 aromatic rings. The second-order valence-corrected chi connectivity index (χ2v) is 10.3. The van der Waals surface area contributed by atoms with E-state index in [-0.39, 0.29) is 38.7 Å². The number of hydrogen-bond acceptors (Lipinski definition) is 5. The number of carbonyl (C=O) groups is 1. The second-order valence-electron chi connectivity index (χ2n) is 7.76. The van der Waals surface area contributed by atoms with E-state index in [2.05, 4.69) is 4.99 Å². The van der Waals surface area contributed by atoms with Crippen LogP contribution in [0.1, 0.15) is 31.4 Å². The first-order chi connectivity index (χ1) is 16.3. The zero-order valence-electron chi connectivity index (χ0n) is 18.6. The summed E-state index contributed by atoms with van der Waals surface area (Å²) in [6.45, 7) is 3.69. The first-order valence-electron chi connectivity index (χ1n) is 10.4. The fourth-order valence-electron chi connectivity index (χ4n) is 3.50. The van der Waals surface area contributed by atoms with Crippen LogP contribution in [0.15, 0.2) is 58.1 Å². The summed E-state index contributed by atoms with van der Waals surface area (Å²) in [5.74, 6) is -1.04. The number of rotatable bonds is 8. The van der Waals surface area contributed by atoms with Gasteiger partial charge in [0.05, 0.1) is 17.2 Å². The van der Waals surface area contributed by atoms with Crippen molar-refractivity contribution in [2.24, 2.45) is 10.9 Å². The van der Waals surface area contributed by atoms with Crippen LogP contribution in [0.4, 0.5) is 13.2 Å². The van der Waals surface area contributed by atoms with E-state index in [1.54, 1.807) is 13.8 Å². The number of aliphatic imine (C=N–C) groups is 1. The summed E-state index contributed by atoms with van der Waals surface area (Å²) < 4.78 is 71.8. The highest BCUT2D eigenvalue weighted by Crippen LogP contribution is 2.33. The van der Waals surface area contributed by atoms with Crippen LogP contribution in [-0.2, 0) is 27.4 Å². The Morgan fingerprint density at radius 1 is 1.17 bits per heavy atom. The summed E-state index contributed by atoms with van der Waals surface area (Å²) in [5.41, 5.74) is -0.0442. The van der Waals surface area contributed by atoms with Gasteiger partial charge in [0.1, 0.15) is 16.3 Å². The Hall–Kier alpha value is -2.56. The van der Waals surface area contributed by atoms with Gasteiger partial charge < -0.3 is 4.74 Å². The predicted octanol–water partition coefficient (Wildman–Crippen LogP) is 5.82. The standard InChI is InChI=1S/C23H21Cl2F3N2O4S/c1-3-34-18-6-7-19(25)21(12-18)35(32,33)30-22(31)20-10-15(13(2)29-20)5-4-14-8-16(23(26,27)28)11-17(24)9-14/h6-12,15H,3-5H2,1-2H3,(H,30,31). The molecule has 0 fully saturated rings. The molecule has 1 unspecified atom stereocenters. The van der Waals surface area contributed by atoms with Crippen LogP contribution in [0.2, 0.25) is 10.0 Å². The van der Waals surface area contributed by atoms with Crippen LogP contribution in [0.5, 0.6) is 5.75 Å². The van der Waals surface area contributed by atoms with Gasteiger partial charge >= 0.3 is 6.18 Å². The van der Waals surface area contributed by atoms with Gasteiger partial charge in [-0.15, -0.1) is 0 Å². The summed E-state index contributed by atoms with van der Waals surface area (Å²) in [6.07, 6.45) is -2.46. The molecule has 0 aromatic heterocycles. The van der Waals surface area contributed by atoms with Gasteiger partial charge in [-0.2, -0.15) is 13.2 Å². The fourth-order valence-corrected chi connectivity index (χ4v) is 5.23. The van der Waals surface area contributed by atoms with Gasteiger partial charge in [-0.05, 0) is 68.7 Å². The predicted molar refractivity (Wildman–Crippen MR) is 127 cm³/mol. The number of alkyl halides is 3. The van der Waals surface area contributed by atoms with Gasteiger partial charge in [0, 0.05) is 22.7 Å². The maximum absolute atomic E-state index is 13.0. The number of aryl methyl sites for hydroxylation is 1. The Morgan fingerprint density at radius 2 is 1.89 bits per heavy atom. The average molecular weight is 549 g/mol. The maximum Gasteiger partial charge on any atom is 0.416 e. The number of nitrogens with one attached hydrogen (secondary N) is 1. The Kier molecular flexibility index (Phi) is 8.18. The zero-order valence-corrected chi connectivity index (χ0v) is 20.9. The van der Waals surface area contributed by atoms with Crippen molar-refractivity contribution in [1.82, 2.24) is 4.72 Å². The molecule has 0 aliphatic carbocycles. The highest BCUT2D eigenvalue weighted by atomic mass is 35.5. The van der Waals surface area contributed by atoms with Crippen LogP contribution >= 0.6 is 23.2 Å². The maximum atomic E-state index is 13.0. The molecule has 0 spiro atoms. The molecule has 1 amide bonds. The molecule has 1 heterocycles. The van der Waals surface area contributed by atoms with Crippen LogP contribution < -0.4 is 9.46 Å². The number of amides is 1. The molecular formula is C23H21Cl2F3N2O4S. The minimum absolute atomic E-state index is 0.0282. The minimum Gasteiger partial charge on any atom is -0.494 e. The number of carbonyl (C=O) groups excluding carboxylic acids is 1. The SMILES string of the molecule is CCOc1ccc(Cl)c(S(=O)(=O)NC(=O)C2=CC(CCc3cc(Cl)cc(C(F)(F)F)c3)C(C)=N2)c1. The van der Waals surface area contributed by atoms with E-state index in [1.165, 1.54) is 30.3 Å². The third-order valence-electron chi connectivity index (χ3n) is 5.18. The van der Waals surface area contributed by atoms with E-state index in [4.69, 9.17) is 27.9 Å². The molecule has 0 saturated carbocycles. The van der Waals surface area contributed by atoms with Crippen molar-refractivity contribution >= 4 is 44.8 Å². The lowest BCUT2D eigenvalue weighted by atomic mass is 9.95. The quantitative estimate of drug-likeness (QED) is 0.450. The number of halogens is 5. The Labute approximate surface area is 210 Å². The average Bonchev–Trinajstić information content (AvgIpc) is 3.13. The van der Waals surface area contributed by atoms with E-state index in [0.717, 1.165) is 12.1 Å². The van der Waals surface area contributed by atoms with Crippen LogP contribution in [0.3, 0.4) is 0 Å². The number of allylic oxidation sites excluding steroid dienone is 1. The number of sulfonamides is 1. The van der Waals surface area contributed by atoms with Gasteiger partial charge in [0.15, 0.2) is 0 Å². The first kappa shape index (κ1) is 27.0. The van der Waals surface area contributed by atoms with E-state index in [1.807, 2.05) is 4.72 Å². The zero-order chi connectivity index (χ0) is 26.0. The summed E-state index contributed by atoms with van der Waals surface area (Å²) in [7, 11) is -4.32. The molecule has 1 aliphatic rings. The lowest BCUT2D eigenvalue weighted by Gasteiger charge is -2.12. The molecular weight excluding hydrogens is 528 g/mol. The second kappa shape index (κ2) is 10.6. The lowest BCUT2D eigenvalue weighted by molar-refractivity contribution is -0.137. The van der Waals surface area contributed by atoms with Gasteiger partial charge in [0.2, 0.25) is 0 Å². The van der Waals surface area contributed by atoms with Crippen LogP contribution in [0, 0.1) is 5.92 Å². The third kappa shape index (κ3) is 6.77. The summed E-state index contributed by atoms with van der Waals surface area (Å²) in [4.78, 5) is 16.5. The molecule has 0 radical (unpaired) electrons. The monoisotopic (exact) mass is 548 g/mol. The molecule has 1 aliphatic heterocycles. The molecule has 12 heteroatoms. The van der Waals surface area contributed by atoms with Gasteiger partial charge in [-0.25, -0.2) is 13.1 Å². The number of hydrogen-bond donors (Lipinski definition) is 1. The molecule has 188 valence electrons. The fraction of sp³-hybridized carbons (Fsp3) is 0.304. The van der Waals surface area contributed by atoms with E-state index < -0.39 is 27.7 Å². The Balaban J connectivity index is 1.72. The smallest absolute Gasteiger partial charge is 0.416 e. The number of nitrogens with zero attached hydrogens (tertiary/aromatic N) is 1. The molecule has 1 N–H and O–H groups in total. The number of benzene rings is 2. The minimum atomic E-state index is -4.52. The van der Waals surface area contributed by atoms with Gasteiger partial charge in [-0.1, -0.05) is 23.2 Å². The van der Waals surface area contributed by atoms with Crippen molar-refractivity contribution in [3.05, 3.63) is 69.3 Å². The third-order valence-corrected chi connectivity index (χ3v) is 7.22. The molecule has 0 saturated heterocycles. The number of ether oxygens (including phenoxy) is 1. The molecule has 35 heavy (non-hydrogen) atoms. The molecule has 3 rings (SSSR count). The van der Waals surface area contributed by atoms with E-state index in [9.17, 15) is 26.4 Å². The van der Waals surface area contributed by atoms with Gasteiger partial charge in [0.25, 0.3) is 15.9 Å². The lowest BCUT2D eigenvalue weighted by Crippen LogP contribution is -2.31. The van der Waals surface area contributed by atoms with Crippen molar-refractivity contribution < 1.29 is 31.1 Å². The van der Waals surface area contributed by atoms with E-state index in [0.29, 0.717) is 24.3 Å². The van der Waals surface area contributed by atoms with Crippen molar-refractivity contribution in [3.63, 3.8) is 0 Å². The molecule has 2 aromatic carbocycles. The highest BCUT2D eigenvalue weighted by Gasteiger charge is 2.31.